The molecule has 3 heteroatoms. The van der Waals surface area contributed by atoms with Crippen molar-refractivity contribution in [3.8, 4) is 0 Å². The van der Waals surface area contributed by atoms with Crippen molar-refractivity contribution in [2.24, 2.45) is 11.7 Å². The molecule has 1 heterocycles. The van der Waals surface area contributed by atoms with Crippen LogP contribution in [0.25, 0.3) is 0 Å². The van der Waals surface area contributed by atoms with Crippen LogP contribution in [-0.4, -0.2) is 9.55 Å². The molecule has 0 radical (unpaired) electrons. The van der Waals surface area contributed by atoms with Crippen LogP contribution in [0.3, 0.4) is 0 Å². The number of aromatic nitrogens is 2. The minimum absolute atomic E-state index is 0.0758. The molecule has 84 valence electrons. The van der Waals surface area contributed by atoms with Crippen LogP contribution >= 0.6 is 0 Å². The standard InChI is InChI=1S/C12H21N3/c1-9(2)5-11(13)12-6-14-8-15(12)7-10(3)4/h6,8-9,11H,3,5,7,13H2,1-2,4H3. The van der Waals surface area contributed by atoms with Gasteiger partial charge in [-0.3, -0.25) is 0 Å². The molecular formula is C12H21N3. The van der Waals surface area contributed by atoms with Crippen LogP contribution in [-0.2, 0) is 6.54 Å². The lowest BCUT2D eigenvalue weighted by atomic mass is 10.0. The third-order valence-electron chi connectivity index (χ3n) is 2.29. The van der Waals surface area contributed by atoms with Gasteiger partial charge in [-0.05, 0) is 19.3 Å². The molecule has 2 N–H and O–H groups in total. The van der Waals surface area contributed by atoms with Crippen LogP contribution in [0.2, 0.25) is 0 Å². The lowest BCUT2D eigenvalue weighted by Crippen LogP contribution is -2.17. The number of hydrogen-bond acceptors (Lipinski definition) is 2. The van der Waals surface area contributed by atoms with Crippen molar-refractivity contribution in [3.05, 3.63) is 30.4 Å². The van der Waals surface area contributed by atoms with Crippen molar-refractivity contribution < 1.29 is 0 Å². The molecular weight excluding hydrogens is 186 g/mol. The second-order valence-corrected chi connectivity index (χ2v) is 4.64. The van der Waals surface area contributed by atoms with E-state index < -0.39 is 0 Å². The van der Waals surface area contributed by atoms with Gasteiger partial charge in [-0.1, -0.05) is 26.0 Å². The third-order valence-corrected chi connectivity index (χ3v) is 2.29. The smallest absolute Gasteiger partial charge is 0.0951 e. The van der Waals surface area contributed by atoms with E-state index in [1.807, 2.05) is 19.4 Å². The summed E-state index contributed by atoms with van der Waals surface area (Å²) in [5.41, 5.74) is 8.35. The van der Waals surface area contributed by atoms with Crippen molar-refractivity contribution in [1.82, 2.24) is 9.55 Å². The number of hydrogen-bond donors (Lipinski definition) is 1. The maximum Gasteiger partial charge on any atom is 0.0951 e. The minimum Gasteiger partial charge on any atom is -0.329 e. The van der Waals surface area contributed by atoms with Crippen LogP contribution in [0.4, 0.5) is 0 Å². The highest BCUT2D eigenvalue weighted by atomic mass is 15.1. The Morgan fingerprint density at radius 2 is 2.27 bits per heavy atom. The zero-order valence-corrected chi connectivity index (χ0v) is 9.90. The maximum absolute atomic E-state index is 6.13. The normalized spacial score (nSPS) is 13.1. The first-order valence-corrected chi connectivity index (χ1v) is 5.40. The van der Waals surface area contributed by atoms with E-state index >= 15 is 0 Å². The summed E-state index contributed by atoms with van der Waals surface area (Å²) in [6.45, 7) is 11.1. The molecule has 0 amide bonds. The summed E-state index contributed by atoms with van der Waals surface area (Å²) < 4.78 is 2.08. The van der Waals surface area contributed by atoms with E-state index in [0.717, 1.165) is 24.2 Å². The highest BCUT2D eigenvalue weighted by molar-refractivity contribution is 5.07. The van der Waals surface area contributed by atoms with Gasteiger partial charge in [-0.25, -0.2) is 4.98 Å². The van der Waals surface area contributed by atoms with Crippen molar-refractivity contribution in [2.75, 3.05) is 0 Å². The molecule has 0 spiro atoms. The van der Waals surface area contributed by atoms with Crippen molar-refractivity contribution in [1.29, 1.82) is 0 Å². The molecule has 0 saturated heterocycles. The topological polar surface area (TPSA) is 43.8 Å². The molecule has 0 fully saturated rings. The lowest BCUT2D eigenvalue weighted by molar-refractivity contribution is 0.488. The zero-order valence-electron chi connectivity index (χ0n) is 9.90. The summed E-state index contributed by atoms with van der Waals surface area (Å²) in [7, 11) is 0. The quantitative estimate of drug-likeness (QED) is 0.754. The second kappa shape index (κ2) is 5.12. The zero-order chi connectivity index (χ0) is 11.4. The van der Waals surface area contributed by atoms with Crippen molar-refractivity contribution in [2.45, 2.75) is 39.8 Å². The molecule has 0 aliphatic rings. The predicted octanol–water partition coefficient (Wildman–Crippen LogP) is 2.51. The molecule has 0 bridgehead atoms. The van der Waals surface area contributed by atoms with E-state index in [4.69, 9.17) is 5.73 Å². The average Bonchev–Trinajstić information content (AvgIpc) is 2.49. The van der Waals surface area contributed by atoms with Crippen LogP contribution in [0.1, 0.15) is 38.9 Å². The summed E-state index contributed by atoms with van der Waals surface area (Å²) in [5, 5.41) is 0. The molecule has 3 nitrogen and oxygen atoms in total. The molecule has 1 aromatic rings. The van der Waals surface area contributed by atoms with E-state index in [-0.39, 0.29) is 6.04 Å². The third kappa shape index (κ3) is 3.51. The molecule has 0 aromatic carbocycles. The Morgan fingerprint density at radius 1 is 1.60 bits per heavy atom. The first-order valence-electron chi connectivity index (χ1n) is 5.40. The second-order valence-electron chi connectivity index (χ2n) is 4.64. The van der Waals surface area contributed by atoms with Gasteiger partial charge < -0.3 is 10.3 Å². The van der Waals surface area contributed by atoms with E-state index in [2.05, 4.69) is 30.0 Å². The van der Waals surface area contributed by atoms with E-state index in [0.29, 0.717) is 5.92 Å². The summed E-state index contributed by atoms with van der Waals surface area (Å²) >= 11 is 0. The maximum atomic E-state index is 6.13. The van der Waals surface area contributed by atoms with Crippen LogP contribution in [0, 0.1) is 5.92 Å². The van der Waals surface area contributed by atoms with Crippen LogP contribution in [0.15, 0.2) is 24.7 Å². The predicted molar refractivity (Wildman–Crippen MR) is 63.4 cm³/mol. The molecule has 1 rings (SSSR count). The Morgan fingerprint density at radius 3 is 2.80 bits per heavy atom. The minimum atomic E-state index is 0.0758. The van der Waals surface area contributed by atoms with E-state index in [1.54, 1.807) is 0 Å². The summed E-state index contributed by atoms with van der Waals surface area (Å²) in [4.78, 5) is 4.15. The summed E-state index contributed by atoms with van der Waals surface area (Å²) in [6, 6.07) is 0.0758. The number of imidazole rings is 1. The Bertz CT molecular complexity index is 325. The highest BCUT2D eigenvalue weighted by Gasteiger charge is 2.12. The summed E-state index contributed by atoms with van der Waals surface area (Å²) in [5.74, 6) is 0.605. The monoisotopic (exact) mass is 207 g/mol. The Hall–Kier alpha value is -1.09. The van der Waals surface area contributed by atoms with E-state index in [1.165, 1.54) is 0 Å². The Balaban J connectivity index is 2.75. The number of nitrogens with zero attached hydrogens (tertiary/aromatic N) is 2. The molecule has 0 saturated carbocycles. The Labute approximate surface area is 92.0 Å². The first kappa shape index (κ1) is 12.0. The number of rotatable bonds is 5. The van der Waals surface area contributed by atoms with Gasteiger partial charge in [-0.15, -0.1) is 0 Å². The van der Waals surface area contributed by atoms with Gasteiger partial charge in [0.1, 0.15) is 0 Å². The highest BCUT2D eigenvalue weighted by Crippen LogP contribution is 2.18. The molecule has 0 aliphatic heterocycles. The fourth-order valence-corrected chi connectivity index (χ4v) is 1.69. The number of allylic oxidation sites excluding steroid dienone is 1. The molecule has 1 aromatic heterocycles. The fourth-order valence-electron chi connectivity index (χ4n) is 1.69. The van der Waals surface area contributed by atoms with Crippen molar-refractivity contribution >= 4 is 0 Å². The van der Waals surface area contributed by atoms with Crippen molar-refractivity contribution in [3.63, 3.8) is 0 Å². The van der Waals surface area contributed by atoms with Gasteiger partial charge in [-0.2, -0.15) is 0 Å². The number of nitrogens with two attached hydrogens (primary N) is 1. The van der Waals surface area contributed by atoms with Crippen LogP contribution in [0.5, 0.6) is 0 Å². The van der Waals surface area contributed by atoms with Gasteiger partial charge in [0.15, 0.2) is 0 Å². The first-order chi connectivity index (χ1) is 7.00. The van der Waals surface area contributed by atoms with Crippen LogP contribution < -0.4 is 5.73 Å². The lowest BCUT2D eigenvalue weighted by Gasteiger charge is -2.16. The SMILES string of the molecule is C=C(C)Cn1cncc1C(N)CC(C)C. The van der Waals surface area contributed by atoms with Gasteiger partial charge in [0.2, 0.25) is 0 Å². The molecule has 0 aliphatic carbocycles. The van der Waals surface area contributed by atoms with E-state index in [9.17, 15) is 0 Å². The Kier molecular flexibility index (Phi) is 4.09. The largest absolute Gasteiger partial charge is 0.329 e. The fraction of sp³-hybridized carbons (Fsp3) is 0.583. The van der Waals surface area contributed by atoms with Gasteiger partial charge in [0, 0.05) is 18.8 Å². The van der Waals surface area contributed by atoms with Gasteiger partial charge in [0.05, 0.1) is 12.0 Å². The molecule has 1 atom stereocenters. The van der Waals surface area contributed by atoms with Gasteiger partial charge >= 0.3 is 0 Å². The summed E-state index contributed by atoms with van der Waals surface area (Å²) in [6.07, 6.45) is 4.67. The molecule has 15 heavy (non-hydrogen) atoms. The average molecular weight is 207 g/mol. The van der Waals surface area contributed by atoms with Gasteiger partial charge in [0.25, 0.3) is 0 Å². The molecule has 1 unspecified atom stereocenters.